The lowest BCUT2D eigenvalue weighted by molar-refractivity contribution is 0.0172. The van der Waals surface area contributed by atoms with Gasteiger partial charge in [-0.1, -0.05) is 43.8 Å². The van der Waals surface area contributed by atoms with E-state index in [2.05, 4.69) is 34.9 Å². The van der Waals surface area contributed by atoms with Gasteiger partial charge in [-0.05, 0) is 56.1 Å². The van der Waals surface area contributed by atoms with E-state index in [9.17, 15) is 13.6 Å². The third-order valence-corrected chi connectivity index (χ3v) is 7.20. The number of ether oxygens (including phenoxy) is 1. The standard InChI is InChI=1S/C28H37F2N2O2P/c1-6-34-26-18-23(28(5,29)30)12-15-25(26)21(4)32(27(33)31-16-8-7-9-17-31)20(3)19(2)22-10-13-24(35)14-11-22/h10-15,18-20H,4,6-9,16-17,35H2,1-3,5H3. The number of rotatable bonds is 8. The first kappa shape index (κ1) is 27.1. The molecule has 0 spiro atoms. The lowest BCUT2D eigenvalue weighted by atomic mass is 9.92. The molecule has 1 aliphatic rings. The molecule has 2 aromatic rings. The number of piperidine rings is 1. The van der Waals surface area contributed by atoms with Gasteiger partial charge in [-0.15, -0.1) is 9.24 Å². The predicted octanol–water partition coefficient (Wildman–Crippen LogP) is 6.77. The van der Waals surface area contributed by atoms with Crippen LogP contribution in [0.4, 0.5) is 13.6 Å². The van der Waals surface area contributed by atoms with E-state index in [1.807, 2.05) is 24.0 Å². The Bertz CT molecular complexity index is 1030. The van der Waals surface area contributed by atoms with E-state index in [0.717, 1.165) is 37.1 Å². The van der Waals surface area contributed by atoms with Crippen molar-refractivity contribution in [2.24, 2.45) is 0 Å². The van der Waals surface area contributed by atoms with E-state index in [4.69, 9.17) is 4.74 Å². The van der Waals surface area contributed by atoms with Gasteiger partial charge in [0, 0.05) is 48.8 Å². The summed E-state index contributed by atoms with van der Waals surface area (Å²) in [5, 5.41) is 1.09. The predicted molar refractivity (Wildman–Crippen MR) is 143 cm³/mol. The fourth-order valence-corrected chi connectivity index (χ4v) is 4.71. The molecule has 190 valence electrons. The van der Waals surface area contributed by atoms with E-state index in [1.165, 1.54) is 12.1 Å². The third-order valence-electron chi connectivity index (χ3n) is 6.82. The average Bonchev–Trinajstić information content (AvgIpc) is 2.84. The fourth-order valence-electron chi connectivity index (χ4n) is 4.51. The van der Waals surface area contributed by atoms with Crippen molar-refractivity contribution in [3.05, 3.63) is 65.7 Å². The Labute approximate surface area is 210 Å². The highest BCUT2D eigenvalue weighted by Gasteiger charge is 2.34. The minimum Gasteiger partial charge on any atom is -0.493 e. The van der Waals surface area contributed by atoms with Gasteiger partial charge in [0.1, 0.15) is 5.75 Å². The molecule has 7 heteroatoms. The number of hydrogen-bond acceptors (Lipinski definition) is 2. The fraction of sp³-hybridized carbons (Fsp3) is 0.464. The van der Waals surface area contributed by atoms with Crippen molar-refractivity contribution in [3.8, 4) is 5.75 Å². The maximum absolute atomic E-state index is 14.0. The molecule has 0 saturated carbocycles. The third kappa shape index (κ3) is 6.41. The zero-order valence-electron chi connectivity index (χ0n) is 21.2. The van der Waals surface area contributed by atoms with Crippen molar-refractivity contribution in [1.29, 1.82) is 0 Å². The number of likely N-dealkylation sites (tertiary alicyclic amines) is 1. The lowest BCUT2D eigenvalue weighted by Crippen LogP contribution is -2.49. The summed E-state index contributed by atoms with van der Waals surface area (Å²) < 4.78 is 33.8. The largest absolute Gasteiger partial charge is 0.493 e. The molecule has 0 N–H and O–H groups in total. The average molecular weight is 503 g/mol. The minimum atomic E-state index is -3.00. The summed E-state index contributed by atoms with van der Waals surface area (Å²) in [4.78, 5) is 17.5. The van der Waals surface area contributed by atoms with E-state index in [0.29, 0.717) is 36.7 Å². The van der Waals surface area contributed by atoms with Crippen LogP contribution in [0.2, 0.25) is 0 Å². The summed E-state index contributed by atoms with van der Waals surface area (Å²) in [6.07, 6.45) is 3.05. The summed E-state index contributed by atoms with van der Waals surface area (Å²) in [6, 6.07) is 12.2. The first-order valence-electron chi connectivity index (χ1n) is 12.3. The SMILES string of the molecule is C=C(c1ccc(C(C)(F)F)cc1OCC)N(C(=O)N1CCCCC1)C(C)C(C)c1ccc(P)cc1. The second-order valence-electron chi connectivity index (χ2n) is 9.38. The number of urea groups is 1. The molecule has 0 aliphatic carbocycles. The second kappa shape index (κ2) is 11.5. The van der Waals surface area contributed by atoms with Crippen LogP contribution in [-0.4, -0.2) is 41.6 Å². The Hall–Kier alpha value is -2.46. The highest BCUT2D eigenvalue weighted by molar-refractivity contribution is 7.27. The van der Waals surface area contributed by atoms with E-state index >= 15 is 0 Å². The molecule has 1 fully saturated rings. The van der Waals surface area contributed by atoms with Gasteiger partial charge in [0.05, 0.1) is 6.61 Å². The monoisotopic (exact) mass is 502 g/mol. The molecule has 35 heavy (non-hydrogen) atoms. The van der Waals surface area contributed by atoms with Gasteiger partial charge in [-0.25, -0.2) is 13.6 Å². The number of halogens is 2. The molecule has 2 aromatic carbocycles. The molecule has 3 atom stereocenters. The quantitative estimate of drug-likeness (QED) is 0.373. The second-order valence-corrected chi connectivity index (χ2v) is 10.0. The molecule has 3 rings (SSSR count). The number of carbonyl (C=O) groups is 1. The smallest absolute Gasteiger partial charge is 0.324 e. The molecule has 1 aliphatic heterocycles. The van der Waals surface area contributed by atoms with Crippen molar-refractivity contribution in [2.45, 2.75) is 64.8 Å². The Kier molecular flexibility index (Phi) is 8.93. The Morgan fingerprint density at radius 3 is 2.34 bits per heavy atom. The van der Waals surface area contributed by atoms with Gasteiger partial charge in [-0.2, -0.15) is 0 Å². The number of amides is 2. The van der Waals surface area contributed by atoms with Crippen LogP contribution in [0.1, 0.15) is 69.6 Å². The molecular weight excluding hydrogens is 465 g/mol. The summed E-state index contributed by atoms with van der Waals surface area (Å²) in [5.41, 5.74) is 1.98. The first-order chi connectivity index (χ1) is 16.5. The molecule has 1 heterocycles. The minimum absolute atomic E-state index is 0.0147. The van der Waals surface area contributed by atoms with E-state index in [-0.39, 0.29) is 23.6 Å². The van der Waals surface area contributed by atoms with Crippen molar-refractivity contribution < 1.29 is 18.3 Å². The van der Waals surface area contributed by atoms with Crippen LogP contribution in [0.3, 0.4) is 0 Å². The van der Waals surface area contributed by atoms with Gasteiger partial charge in [0.15, 0.2) is 0 Å². The summed E-state index contributed by atoms with van der Waals surface area (Å²) in [5.74, 6) is -2.68. The summed E-state index contributed by atoms with van der Waals surface area (Å²) in [7, 11) is 2.68. The van der Waals surface area contributed by atoms with Gasteiger partial charge >= 0.3 is 6.03 Å². The van der Waals surface area contributed by atoms with Crippen molar-refractivity contribution >= 4 is 26.3 Å². The Balaban J connectivity index is 2.03. The number of benzene rings is 2. The topological polar surface area (TPSA) is 32.8 Å². The highest BCUT2D eigenvalue weighted by Crippen LogP contribution is 2.37. The number of alkyl halides is 2. The van der Waals surface area contributed by atoms with Crippen molar-refractivity contribution in [2.75, 3.05) is 19.7 Å². The normalized spacial score (nSPS) is 15.9. The molecule has 1 saturated heterocycles. The van der Waals surface area contributed by atoms with Crippen LogP contribution in [0.25, 0.3) is 5.70 Å². The maximum atomic E-state index is 14.0. The van der Waals surface area contributed by atoms with Gasteiger partial charge in [0.2, 0.25) is 0 Å². The molecule has 0 bridgehead atoms. The number of nitrogens with zero attached hydrogens (tertiary/aromatic N) is 2. The van der Waals surface area contributed by atoms with Crippen molar-refractivity contribution in [1.82, 2.24) is 9.80 Å². The Morgan fingerprint density at radius 1 is 1.14 bits per heavy atom. The Morgan fingerprint density at radius 2 is 1.77 bits per heavy atom. The van der Waals surface area contributed by atoms with Crippen LogP contribution in [0, 0.1) is 0 Å². The molecule has 2 amide bonds. The summed E-state index contributed by atoms with van der Waals surface area (Å²) >= 11 is 0. The zero-order chi connectivity index (χ0) is 25.8. The van der Waals surface area contributed by atoms with Crippen molar-refractivity contribution in [3.63, 3.8) is 0 Å². The van der Waals surface area contributed by atoms with Gasteiger partial charge in [0.25, 0.3) is 5.92 Å². The number of carbonyl (C=O) groups excluding carboxylic acids is 1. The molecule has 0 aromatic heterocycles. The lowest BCUT2D eigenvalue weighted by Gasteiger charge is -2.40. The summed E-state index contributed by atoms with van der Waals surface area (Å²) in [6.45, 7) is 12.8. The molecular formula is C28H37F2N2O2P. The van der Waals surface area contributed by atoms with E-state index in [1.54, 1.807) is 17.9 Å². The van der Waals surface area contributed by atoms with Crippen LogP contribution in [0.15, 0.2) is 49.0 Å². The highest BCUT2D eigenvalue weighted by atomic mass is 31.0. The van der Waals surface area contributed by atoms with Gasteiger partial charge in [-0.3, -0.25) is 4.90 Å². The molecule has 4 nitrogen and oxygen atoms in total. The van der Waals surface area contributed by atoms with Crippen LogP contribution >= 0.6 is 9.24 Å². The zero-order valence-corrected chi connectivity index (χ0v) is 22.3. The first-order valence-corrected chi connectivity index (χ1v) is 12.9. The van der Waals surface area contributed by atoms with E-state index < -0.39 is 5.92 Å². The molecule has 0 radical (unpaired) electrons. The van der Waals surface area contributed by atoms with Gasteiger partial charge < -0.3 is 9.64 Å². The van der Waals surface area contributed by atoms with Crippen LogP contribution < -0.4 is 10.0 Å². The number of hydrogen-bond donors (Lipinski definition) is 0. The van der Waals surface area contributed by atoms with Crippen LogP contribution in [0.5, 0.6) is 5.75 Å². The molecule has 3 unspecified atom stereocenters. The van der Waals surface area contributed by atoms with Crippen LogP contribution in [-0.2, 0) is 5.92 Å². The maximum Gasteiger partial charge on any atom is 0.324 e.